The molecule has 0 saturated heterocycles. The van der Waals surface area contributed by atoms with E-state index in [1.807, 2.05) is 6.92 Å². The Bertz CT molecular complexity index is 180. The predicted octanol–water partition coefficient (Wildman–Crippen LogP) is 1.02. The van der Waals surface area contributed by atoms with Crippen LogP contribution in [0.3, 0.4) is 0 Å². The number of nitrogens with two attached hydrogens (primary N) is 1. The van der Waals surface area contributed by atoms with Crippen LogP contribution in [0.1, 0.15) is 27.2 Å². The first-order chi connectivity index (χ1) is 6.43. The van der Waals surface area contributed by atoms with Crippen molar-refractivity contribution in [1.29, 1.82) is 0 Å². The van der Waals surface area contributed by atoms with Crippen LogP contribution in [0.15, 0.2) is 0 Å². The minimum atomic E-state index is -0.0161. The largest absolute Gasteiger partial charge is 0.337 e. The van der Waals surface area contributed by atoms with Crippen molar-refractivity contribution in [2.75, 3.05) is 26.7 Å². The lowest BCUT2D eigenvalue weighted by Crippen LogP contribution is -2.42. The molecule has 0 bridgehead atoms. The van der Waals surface area contributed by atoms with E-state index in [9.17, 15) is 4.79 Å². The number of nitrogens with one attached hydrogen (secondary N) is 1. The molecule has 0 aromatic rings. The van der Waals surface area contributed by atoms with Gasteiger partial charge in [-0.2, -0.15) is 0 Å². The molecular formula is C10H23N3O. The summed E-state index contributed by atoms with van der Waals surface area (Å²) in [4.78, 5) is 13.1. The van der Waals surface area contributed by atoms with E-state index >= 15 is 0 Å². The third-order valence-corrected chi connectivity index (χ3v) is 2.36. The number of urea groups is 1. The highest BCUT2D eigenvalue weighted by atomic mass is 16.2. The Hall–Kier alpha value is -0.770. The van der Waals surface area contributed by atoms with Crippen molar-refractivity contribution in [1.82, 2.24) is 10.2 Å². The standard InChI is InChI=1S/C10H23N3O/c1-5-13(4)9(14)12-8-10(2,3)6-7-11/h5-8,11H2,1-4H3,(H,12,14). The third kappa shape index (κ3) is 5.07. The van der Waals surface area contributed by atoms with Crippen LogP contribution in [0, 0.1) is 5.41 Å². The van der Waals surface area contributed by atoms with Crippen molar-refractivity contribution < 1.29 is 4.79 Å². The van der Waals surface area contributed by atoms with Crippen LogP contribution in [-0.2, 0) is 0 Å². The van der Waals surface area contributed by atoms with E-state index in [0.29, 0.717) is 13.1 Å². The summed E-state index contributed by atoms with van der Waals surface area (Å²) in [5, 5.41) is 2.89. The second-order valence-electron chi connectivity index (χ2n) is 4.38. The van der Waals surface area contributed by atoms with Gasteiger partial charge in [0, 0.05) is 20.1 Å². The molecule has 0 rings (SSSR count). The fraction of sp³-hybridized carbons (Fsp3) is 0.900. The van der Waals surface area contributed by atoms with Crippen LogP contribution in [0.2, 0.25) is 0 Å². The Labute approximate surface area is 86.8 Å². The zero-order chi connectivity index (χ0) is 11.2. The van der Waals surface area contributed by atoms with Crippen LogP contribution < -0.4 is 11.1 Å². The maximum absolute atomic E-state index is 11.4. The summed E-state index contributed by atoms with van der Waals surface area (Å²) < 4.78 is 0. The SMILES string of the molecule is CCN(C)C(=O)NCC(C)(C)CCN. The Morgan fingerprint density at radius 3 is 2.50 bits per heavy atom. The highest BCUT2D eigenvalue weighted by Gasteiger charge is 2.18. The van der Waals surface area contributed by atoms with Crippen molar-refractivity contribution in [3.8, 4) is 0 Å². The van der Waals surface area contributed by atoms with Crippen molar-refractivity contribution in [2.24, 2.45) is 11.1 Å². The average Bonchev–Trinajstić information content (AvgIpc) is 2.13. The molecule has 84 valence electrons. The van der Waals surface area contributed by atoms with Gasteiger partial charge < -0.3 is 16.0 Å². The summed E-state index contributed by atoms with van der Waals surface area (Å²) in [5.74, 6) is 0. The second kappa shape index (κ2) is 5.86. The molecule has 0 heterocycles. The summed E-state index contributed by atoms with van der Waals surface area (Å²) in [6, 6.07) is -0.0161. The lowest BCUT2D eigenvalue weighted by atomic mass is 9.89. The van der Waals surface area contributed by atoms with E-state index in [1.165, 1.54) is 0 Å². The van der Waals surface area contributed by atoms with Crippen molar-refractivity contribution >= 4 is 6.03 Å². The quantitative estimate of drug-likeness (QED) is 0.698. The molecule has 0 spiro atoms. The third-order valence-electron chi connectivity index (χ3n) is 2.36. The zero-order valence-corrected chi connectivity index (χ0v) is 9.76. The van der Waals surface area contributed by atoms with Gasteiger partial charge in [-0.15, -0.1) is 0 Å². The van der Waals surface area contributed by atoms with Crippen LogP contribution in [0.5, 0.6) is 0 Å². The van der Waals surface area contributed by atoms with E-state index in [0.717, 1.165) is 13.0 Å². The first-order valence-electron chi connectivity index (χ1n) is 5.12. The lowest BCUT2D eigenvalue weighted by Gasteiger charge is -2.25. The molecule has 0 radical (unpaired) electrons. The van der Waals surface area contributed by atoms with Crippen LogP contribution in [0.4, 0.5) is 4.79 Å². The van der Waals surface area contributed by atoms with Gasteiger partial charge in [0.25, 0.3) is 0 Å². The number of carbonyl (C=O) groups excluding carboxylic acids is 1. The summed E-state index contributed by atoms with van der Waals surface area (Å²) >= 11 is 0. The molecule has 2 amide bonds. The van der Waals surface area contributed by atoms with Gasteiger partial charge in [-0.3, -0.25) is 0 Å². The van der Waals surface area contributed by atoms with Crippen LogP contribution in [0.25, 0.3) is 0 Å². The van der Waals surface area contributed by atoms with E-state index in [1.54, 1.807) is 11.9 Å². The van der Waals surface area contributed by atoms with E-state index < -0.39 is 0 Å². The molecule has 0 aliphatic heterocycles. The van der Waals surface area contributed by atoms with Crippen molar-refractivity contribution in [3.05, 3.63) is 0 Å². The minimum absolute atomic E-state index is 0.0161. The molecule has 3 N–H and O–H groups in total. The molecule has 14 heavy (non-hydrogen) atoms. The molecule has 0 aliphatic carbocycles. The minimum Gasteiger partial charge on any atom is -0.337 e. The number of hydrogen-bond acceptors (Lipinski definition) is 2. The topological polar surface area (TPSA) is 58.4 Å². The molecular weight excluding hydrogens is 178 g/mol. The highest BCUT2D eigenvalue weighted by molar-refractivity contribution is 5.73. The predicted molar refractivity (Wildman–Crippen MR) is 59.2 cm³/mol. The number of nitrogens with zero attached hydrogens (tertiary/aromatic N) is 1. The van der Waals surface area contributed by atoms with Crippen LogP contribution in [-0.4, -0.2) is 37.6 Å². The van der Waals surface area contributed by atoms with Gasteiger partial charge in [0.2, 0.25) is 0 Å². The summed E-state index contributed by atoms with van der Waals surface area (Å²) in [5.41, 5.74) is 5.57. The van der Waals surface area contributed by atoms with Gasteiger partial charge in [-0.05, 0) is 25.3 Å². The lowest BCUT2D eigenvalue weighted by molar-refractivity contribution is 0.203. The zero-order valence-electron chi connectivity index (χ0n) is 9.76. The maximum atomic E-state index is 11.4. The smallest absolute Gasteiger partial charge is 0.317 e. The molecule has 0 unspecified atom stereocenters. The van der Waals surface area contributed by atoms with Gasteiger partial charge >= 0.3 is 6.03 Å². The number of rotatable bonds is 5. The molecule has 4 heteroatoms. The average molecular weight is 201 g/mol. The number of amides is 2. The van der Waals surface area contributed by atoms with Crippen molar-refractivity contribution in [3.63, 3.8) is 0 Å². The Balaban J connectivity index is 3.87. The van der Waals surface area contributed by atoms with Crippen molar-refractivity contribution in [2.45, 2.75) is 27.2 Å². The summed E-state index contributed by atoms with van der Waals surface area (Å²) in [7, 11) is 1.78. The fourth-order valence-electron chi connectivity index (χ4n) is 1.07. The first-order valence-corrected chi connectivity index (χ1v) is 5.12. The maximum Gasteiger partial charge on any atom is 0.317 e. The Kier molecular flexibility index (Phi) is 5.53. The molecule has 0 saturated carbocycles. The molecule has 0 fully saturated rings. The Morgan fingerprint density at radius 2 is 2.07 bits per heavy atom. The van der Waals surface area contributed by atoms with E-state index in [-0.39, 0.29) is 11.4 Å². The van der Waals surface area contributed by atoms with Gasteiger partial charge in [0.15, 0.2) is 0 Å². The monoisotopic (exact) mass is 201 g/mol. The first kappa shape index (κ1) is 13.2. The highest BCUT2D eigenvalue weighted by Crippen LogP contribution is 2.17. The van der Waals surface area contributed by atoms with E-state index in [2.05, 4.69) is 19.2 Å². The fourth-order valence-corrected chi connectivity index (χ4v) is 1.07. The van der Waals surface area contributed by atoms with Gasteiger partial charge in [0.1, 0.15) is 0 Å². The summed E-state index contributed by atoms with van der Waals surface area (Å²) in [6.45, 7) is 8.21. The molecule has 0 aliphatic rings. The molecule has 0 atom stereocenters. The van der Waals surface area contributed by atoms with Gasteiger partial charge in [0.05, 0.1) is 0 Å². The summed E-state index contributed by atoms with van der Waals surface area (Å²) in [6.07, 6.45) is 0.920. The number of carbonyl (C=O) groups is 1. The number of hydrogen-bond donors (Lipinski definition) is 2. The molecule has 4 nitrogen and oxygen atoms in total. The normalized spacial score (nSPS) is 11.2. The Morgan fingerprint density at radius 1 is 1.50 bits per heavy atom. The van der Waals surface area contributed by atoms with Gasteiger partial charge in [-0.1, -0.05) is 13.8 Å². The van der Waals surface area contributed by atoms with E-state index in [4.69, 9.17) is 5.73 Å². The molecule has 0 aromatic carbocycles. The van der Waals surface area contributed by atoms with Crippen LogP contribution >= 0.6 is 0 Å². The molecule has 0 aromatic heterocycles. The second-order valence-corrected chi connectivity index (χ2v) is 4.38. The van der Waals surface area contributed by atoms with Gasteiger partial charge in [-0.25, -0.2) is 4.79 Å².